The number of aliphatic imine (C=N–C) groups is 1. The van der Waals surface area contributed by atoms with Crippen molar-refractivity contribution in [2.45, 2.75) is 19.3 Å². The number of nitrogens with one attached hydrogen (secondary N) is 2. The largest absolute Gasteiger partial charge is 0.356 e. The van der Waals surface area contributed by atoms with Crippen molar-refractivity contribution in [3.8, 4) is 0 Å². The molecule has 1 aromatic carbocycles. The predicted octanol–water partition coefficient (Wildman–Crippen LogP) is 1.02. The third-order valence-corrected chi connectivity index (χ3v) is 5.81. The van der Waals surface area contributed by atoms with Gasteiger partial charge in [0.2, 0.25) is 5.91 Å². The second-order valence-corrected chi connectivity index (χ2v) is 7.85. The number of piperazine rings is 1. The lowest BCUT2D eigenvalue weighted by molar-refractivity contribution is -0.131. The summed E-state index contributed by atoms with van der Waals surface area (Å²) in [5.74, 6) is 1.09. The maximum absolute atomic E-state index is 12.4. The molecule has 0 atom stereocenters. The van der Waals surface area contributed by atoms with Gasteiger partial charge in [0.25, 0.3) is 5.91 Å². The molecule has 31 heavy (non-hydrogen) atoms. The maximum atomic E-state index is 12.4. The first-order valence-electron chi connectivity index (χ1n) is 10.9. The highest BCUT2D eigenvalue weighted by atomic mass is 127. The Labute approximate surface area is 202 Å². The van der Waals surface area contributed by atoms with E-state index in [2.05, 4.69) is 25.4 Å². The fourth-order valence-corrected chi connectivity index (χ4v) is 4.04. The highest BCUT2D eigenvalue weighted by molar-refractivity contribution is 14.0. The van der Waals surface area contributed by atoms with E-state index in [0.29, 0.717) is 12.1 Å². The van der Waals surface area contributed by atoms with Gasteiger partial charge in [-0.15, -0.1) is 24.0 Å². The summed E-state index contributed by atoms with van der Waals surface area (Å²) < 4.78 is 0. The molecule has 1 aromatic rings. The van der Waals surface area contributed by atoms with Crippen molar-refractivity contribution in [1.29, 1.82) is 0 Å². The molecule has 9 heteroatoms. The summed E-state index contributed by atoms with van der Waals surface area (Å²) in [5.41, 5.74) is 1.79. The van der Waals surface area contributed by atoms with Gasteiger partial charge < -0.3 is 20.4 Å². The molecule has 2 amide bonds. The number of rotatable bonds is 6. The number of nitrogens with zero attached hydrogens (tertiary/aromatic N) is 4. The van der Waals surface area contributed by atoms with Crippen LogP contribution in [0, 0.1) is 0 Å². The van der Waals surface area contributed by atoms with Gasteiger partial charge in [0.15, 0.2) is 5.96 Å². The van der Waals surface area contributed by atoms with Crippen LogP contribution in [-0.4, -0.2) is 98.9 Å². The minimum atomic E-state index is -0.0679. The number of carbonyl (C=O) groups is 2. The molecular weight excluding hydrogens is 507 g/mol. The van der Waals surface area contributed by atoms with Crippen molar-refractivity contribution >= 4 is 41.8 Å². The van der Waals surface area contributed by atoms with E-state index in [4.69, 9.17) is 0 Å². The quantitative estimate of drug-likeness (QED) is 0.319. The summed E-state index contributed by atoms with van der Waals surface area (Å²) in [6, 6.07) is 7.70. The van der Waals surface area contributed by atoms with Crippen LogP contribution in [0.15, 0.2) is 29.3 Å². The molecule has 2 aliphatic rings. The van der Waals surface area contributed by atoms with Gasteiger partial charge in [-0.1, -0.05) is 12.1 Å². The lowest BCUT2D eigenvalue weighted by Gasteiger charge is -2.36. The summed E-state index contributed by atoms with van der Waals surface area (Å²) in [6.07, 6.45) is 3.09. The van der Waals surface area contributed by atoms with E-state index in [9.17, 15) is 9.59 Å². The van der Waals surface area contributed by atoms with E-state index in [1.165, 1.54) is 0 Å². The molecule has 0 unspecified atom stereocenters. The van der Waals surface area contributed by atoms with Gasteiger partial charge in [-0.25, -0.2) is 0 Å². The molecule has 0 radical (unpaired) electrons. The van der Waals surface area contributed by atoms with Crippen molar-refractivity contribution in [3.63, 3.8) is 0 Å². The monoisotopic (exact) mass is 542 g/mol. The number of benzene rings is 1. The lowest BCUT2D eigenvalue weighted by Crippen LogP contribution is -2.54. The number of guanidine groups is 1. The van der Waals surface area contributed by atoms with Crippen molar-refractivity contribution in [1.82, 2.24) is 25.3 Å². The zero-order valence-corrected chi connectivity index (χ0v) is 20.9. The number of likely N-dealkylation sites (tertiary alicyclic amines) is 1. The summed E-state index contributed by atoms with van der Waals surface area (Å²) in [4.78, 5) is 35.1. The molecule has 0 aromatic heterocycles. The summed E-state index contributed by atoms with van der Waals surface area (Å²) >= 11 is 0. The Morgan fingerprint density at radius 1 is 1.03 bits per heavy atom. The average Bonchev–Trinajstić information content (AvgIpc) is 3.32. The minimum absolute atomic E-state index is 0. The minimum Gasteiger partial charge on any atom is -0.356 e. The Morgan fingerprint density at radius 3 is 2.39 bits per heavy atom. The van der Waals surface area contributed by atoms with Gasteiger partial charge in [-0.05, 0) is 37.0 Å². The van der Waals surface area contributed by atoms with E-state index in [0.717, 1.165) is 76.6 Å². The molecule has 0 spiro atoms. The predicted molar refractivity (Wildman–Crippen MR) is 134 cm³/mol. The molecule has 2 fully saturated rings. The van der Waals surface area contributed by atoms with E-state index >= 15 is 0 Å². The molecule has 0 aliphatic carbocycles. The van der Waals surface area contributed by atoms with E-state index in [1.807, 2.05) is 29.2 Å². The Morgan fingerprint density at radius 2 is 1.74 bits per heavy atom. The van der Waals surface area contributed by atoms with Crippen LogP contribution in [0.3, 0.4) is 0 Å². The van der Waals surface area contributed by atoms with Crippen LogP contribution < -0.4 is 10.6 Å². The number of amides is 2. The highest BCUT2D eigenvalue weighted by Gasteiger charge is 2.24. The molecular formula is C22H35IN6O2. The first-order chi connectivity index (χ1) is 14.6. The fraction of sp³-hybridized carbons (Fsp3) is 0.591. The lowest BCUT2D eigenvalue weighted by atomic mass is 10.1. The fourth-order valence-electron chi connectivity index (χ4n) is 4.04. The number of hydrogen-bond acceptors (Lipinski definition) is 4. The van der Waals surface area contributed by atoms with Crippen LogP contribution >= 0.6 is 24.0 Å². The molecule has 2 heterocycles. The van der Waals surface area contributed by atoms with Gasteiger partial charge in [-0.3, -0.25) is 19.5 Å². The van der Waals surface area contributed by atoms with Crippen LogP contribution in [-0.2, 0) is 11.2 Å². The number of halogens is 1. The smallest absolute Gasteiger partial charge is 0.251 e. The molecule has 0 saturated carbocycles. The number of carbonyl (C=O) groups excluding carboxylic acids is 2. The van der Waals surface area contributed by atoms with E-state index in [1.54, 1.807) is 14.1 Å². The first kappa shape index (κ1) is 25.4. The average molecular weight is 542 g/mol. The molecule has 0 bridgehead atoms. The summed E-state index contributed by atoms with van der Waals surface area (Å²) in [5, 5.41) is 6.09. The standard InChI is InChI=1S/C22H34N6O2.HI/c1-23-21(30)19-7-5-6-18(16-19)8-9-25-22(24-2)28-14-12-26(13-15-28)17-20(29)27-10-3-4-11-27;/h5-7,16H,3-4,8-15,17H2,1-2H3,(H,23,30)(H,24,25);1H. The van der Waals surface area contributed by atoms with Crippen molar-refractivity contribution < 1.29 is 9.59 Å². The molecule has 2 saturated heterocycles. The van der Waals surface area contributed by atoms with E-state index < -0.39 is 0 Å². The normalized spacial score (nSPS) is 17.3. The Kier molecular flexibility index (Phi) is 10.5. The zero-order chi connectivity index (χ0) is 21.3. The van der Waals surface area contributed by atoms with Gasteiger partial charge in [0, 0.05) is 65.5 Å². The van der Waals surface area contributed by atoms with Crippen LogP contribution in [0.1, 0.15) is 28.8 Å². The Hall–Kier alpha value is -1.88. The maximum Gasteiger partial charge on any atom is 0.251 e. The molecule has 2 N–H and O–H groups in total. The van der Waals surface area contributed by atoms with Crippen molar-refractivity contribution in [3.05, 3.63) is 35.4 Å². The van der Waals surface area contributed by atoms with Crippen LogP contribution in [0.2, 0.25) is 0 Å². The zero-order valence-electron chi connectivity index (χ0n) is 18.6. The van der Waals surface area contributed by atoms with Gasteiger partial charge in [0.05, 0.1) is 6.54 Å². The van der Waals surface area contributed by atoms with Crippen LogP contribution in [0.25, 0.3) is 0 Å². The van der Waals surface area contributed by atoms with Crippen LogP contribution in [0.5, 0.6) is 0 Å². The van der Waals surface area contributed by atoms with Crippen LogP contribution in [0.4, 0.5) is 0 Å². The van der Waals surface area contributed by atoms with Gasteiger partial charge in [-0.2, -0.15) is 0 Å². The van der Waals surface area contributed by atoms with E-state index in [-0.39, 0.29) is 35.8 Å². The third kappa shape index (κ3) is 7.34. The second kappa shape index (κ2) is 12.8. The number of hydrogen-bond donors (Lipinski definition) is 2. The first-order valence-corrected chi connectivity index (χ1v) is 10.9. The Bertz CT molecular complexity index is 758. The highest BCUT2D eigenvalue weighted by Crippen LogP contribution is 2.10. The summed E-state index contributed by atoms with van der Waals surface area (Å²) in [6.45, 7) is 6.57. The topological polar surface area (TPSA) is 80.3 Å². The molecule has 3 rings (SSSR count). The third-order valence-electron chi connectivity index (χ3n) is 5.81. The molecule has 172 valence electrons. The van der Waals surface area contributed by atoms with Gasteiger partial charge >= 0.3 is 0 Å². The van der Waals surface area contributed by atoms with Gasteiger partial charge in [0.1, 0.15) is 0 Å². The SMILES string of the molecule is CN=C(NCCc1cccc(C(=O)NC)c1)N1CCN(CC(=O)N2CCCC2)CC1.I. The molecule has 2 aliphatic heterocycles. The summed E-state index contributed by atoms with van der Waals surface area (Å²) in [7, 11) is 3.44. The van der Waals surface area contributed by atoms with Crippen molar-refractivity contribution in [2.75, 3.05) is 66.5 Å². The Balaban J connectivity index is 0.00000341. The van der Waals surface area contributed by atoms with Crippen molar-refractivity contribution in [2.24, 2.45) is 4.99 Å². The molecule has 8 nitrogen and oxygen atoms in total. The second-order valence-electron chi connectivity index (χ2n) is 7.85.